The van der Waals surface area contributed by atoms with Crippen LogP contribution in [0.15, 0.2) is 4.79 Å². The fourth-order valence-electron chi connectivity index (χ4n) is 3.12. The number of hydrogen-bond donors (Lipinski definition) is 0. The van der Waals surface area contributed by atoms with E-state index in [-0.39, 0.29) is 0 Å². The van der Waals surface area contributed by atoms with E-state index in [9.17, 15) is 61.9 Å². The highest BCUT2D eigenvalue weighted by Gasteiger charge is 2.77. The van der Waals surface area contributed by atoms with Gasteiger partial charge in [-0.1, -0.05) is 0 Å². The Kier molecular flexibility index (Phi) is 4.65. The fourth-order valence-corrected chi connectivity index (χ4v) is 3.12. The molecule has 3 rings (SSSR count). The smallest absolute Gasteiger partial charge is 0.283 e. The molecule has 0 aromatic heterocycles. The van der Waals surface area contributed by atoms with Gasteiger partial charge in [-0.15, -0.1) is 0 Å². The van der Waals surface area contributed by atoms with Crippen LogP contribution in [0.3, 0.4) is 0 Å². The maximum atomic E-state index is 15.4. The first-order chi connectivity index (χ1) is 13.9. The summed E-state index contributed by atoms with van der Waals surface area (Å²) in [5, 5.41) is 0. The van der Waals surface area contributed by atoms with Crippen LogP contribution in [0.2, 0.25) is 0 Å². The lowest BCUT2D eigenvalue weighted by molar-refractivity contribution is -0.323. The van der Waals surface area contributed by atoms with Crippen molar-refractivity contribution in [3.63, 3.8) is 0 Å². The van der Waals surface area contributed by atoms with Gasteiger partial charge in [0.15, 0.2) is 40.7 Å². The van der Waals surface area contributed by atoms with Crippen molar-refractivity contribution in [2.45, 2.75) is 17.8 Å². The Morgan fingerprint density at radius 1 is 0.516 bits per heavy atom. The highest BCUT2D eigenvalue weighted by atomic mass is 19.4. The zero-order valence-corrected chi connectivity index (χ0v) is 13.7. The van der Waals surface area contributed by atoms with Crippen molar-refractivity contribution in [1.82, 2.24) is 0 Å². The quantitative estimate of drug-likeness (QED) is 0.301. The Balaban J connectivity index is 2.82. The van der Waals surface area contributed by atoms with Gasteiger partial charge in [-0.3, -0.25) is 4.79 Å². The standard InChI is InChI=1S/C16F14O/c17-5-1-2-4(8(20)11(23)12(24)13(31)6(2)18)14(25,15(26,27)16(28,29)30)3(1)7(19)10(22)9(5)21. The van der Waals surface area contributed by atoms with Gasteiger partial charge in [0.2, 0.25) is 11.5 Å². The molecule has 0 fully saturated rings. The van der Waals surface area contributed by atoms with Crippen molar-refractivity contribution < 1.29 is 61.5 Å². The molecule has 168 valence electrons. The van der Waals surface area contributed by atoms with Crippen LogP contribution < -0.4 is 5.43 Å². The molecular formula is C16F14O. The van der Waals surface area contributed by atoms with Crippen LogP contribution in [0.5, 0.6) is 0 Å². The third-order valence-electron chi connectivity index (χ3n) is 4.47. The number of fused-ring (bicyclic) bond motifs is 3. The zero-order valence-electron chi connectivity index (χ0n) is 13.7. The minimum atomic E-state index is -7.15. The summed E-state index contributed by atoms with van der Waals surface area (Å²) in [6, 6.07) is 0. The number of benzene rings is 1. The molecule has 0 radical (unpaired) electrons. The molecule has 0 aliphatic heterocycles. The van der Waals surface area contributed by atoms with Crippen molar-refractivity contribution in [1.29, 1.82) is 0 Å². The second kappa shape index (κ2) is 6.32. The van der Waals surface area contributed by atoms with Gasteiger partial charge in [0.1, 0.15) is 0 Å². The third kappa shape index (κ3) is 2.48. The molecule has 1 unspecified atom stereocenters. The number of alkyl halides is 6. The van der Waals surface area contributed by atoms with Gasteiger partial charge in [0.05, 0.1) is 11.1 Å². The molecule has 1 aliphatic rings. The van der Waals surface area contributed by atoms with E-state index in [0.29, 0.717) is 0 Å². The van der Waals surface area contributed by atoms with Crippen molar-refractivity contribution in [3.05, 3.63) is 67.9 Å². The molecular weight excluding hydrogens is 474 g/mol. The third-order valence-corrected chi connectivity index (χ3v) is 4.47. The first kappa shape index (κ1) is 22.8. The van der Waals surface area contributed by atoms with Gasteiger partial charge in [-0.2, -0.15) is 26.3 Å². The normalized spacial score (nSPS) is 18.3. The van der Waals surface area contributed by atoms with E-state index >= 15 is 4.39 Å². The molecule has 1 nitrogen and oxygen atoms in total. The van der Waals surface area contributed by atoms with Crippen LogP contribution >= 0.6 is 0 Å². The number of rotatable bonds is 1. The van der Waals surface area contributed by atoms with Crippen LogP contribution in [-0.4, -0.2) is 12.1 Å². The lowest BCUT2D eigenvalue weighted by Crippen LogP contribution is -2.53. The van der Waals surface area contributed by atoms with E-state index in [2.05, 4.69) is 0 Å². The maximum absolute atomic E-state index is 15.4. The summed E-state index contributed by atoms with van der Waals surface area (Å²) < 4.78 is 194. The molecule has 15 heteroatoms. The molecule has 1 aliphatic carbocycles. The largest absolute Gasteiger partial charge is 0.457 e. The summed E-state index contributed by atoms with van der Waals surface area (Å²) in [6.07, 6.45) is -7.15. The fraction of sp³-hybridized carbons (Fsp3) is 0.188. The van der Waals surface area contributed by atoms with E-state index in [0.717, 1.165) is 0 Å². The van der Waals surface area contributed by atoms with Crippen LogP contribution in [-0.2, 0) is 5.67 Å². The van der Waals surface area contributed by atoms with Crippen molar-refractivity contribution >= 4 is 0 Å². The summed E-state index contributed by atoms with van der Waals surface area (Å²) in [4.78, 5) is 11.4. The maximum Gasteiger partial charge on any atom is 0.457 e. The summed E-state index contributed by atoms with van der Waals surface area (Å²) in [5.41, 5.74) is -20.8. The molecule has 2 aromatic rings. The summed E-state index contributed by atoms with van der Waals surface area (Å²) in [6.45, 7) is 0. The van der Waals surface area contributed by atoms with Gasteiger partial charge in [-0.05, 0) is 0 Å². The van der Waals surface area contributed by atoms with Crippen LogP contribution in [0.25, 0.3) is 11.1 Å². The highest BCUT2D eigenvalue weighted by molar-refractivity contribution is 5.82. The molecule has 0 saturated heterocycles. The Labute approximate surface area is 159 Å². The molecule has 0 N–H and O–H groups in total. The predicted molar refractivity (Wildman–Crippen MR) is 70.7 cm³/mol. The van der Waals surface area contributed by atoms with Crippen LogP contribution in [0.4, 0.5) is 61.5 Å². The predicted octanol–water partition coefficient (Wildman–Crippen LogP) is 5.55. The van der Waals surface area contributed by atoms with Gasteiger partial charge in [0, 0.05) is 11.1 Å². The molecule has 31 heavy (non-hydrogen) atoms. The molecule has 0 spiro atoms. The number of hydrogen-bond acceptors (Lipinski definition) is 1. The Morgan fingerprint density at radius 3 is 1.29 bits per heavy atom. The van der Waals surface area contributed by atoms with E-state index in [1.165, 1.54) is 0 Å². The average Bonchev–Trinajstić information content (AvgIpc) is 2.94. The monoisotopic (exact) mass is 474 g/mol. The summed E-state index contributed by atoms with van der Waals surface area (Å²) in [5.74, 6) is -32.6. The van der Waals surface area contributed by atoms with Gasteiger partial charge >= 0.3 is 12.1 Å². The Hall–Kier alpha value is -2.87. The van der Waals surface area contributed by atoms with Crippen molar-refractivity contribution in [2.24, 2.45) is 0 Å². The molecule has 0 bridgehead atoms. The van der Waals surface area contributed by atoms with Gasteiger partial charge in [-0.25, -0.2) is 35.1 Å². The lowest BCUT2D eigenvalue weighted by atomic mass is 9.85. The second-order valence-corrected chi connectivity index (χ2v) is 6.07. The van der Waals surface area contributed by atoms with E-state index in [1.54, 1.807) is 0 Å². The van der Waals surface area contributed by atoms with Crippen molar-refractivity contribution in [3.8, 4) is 11.1 Å². The first-order valence-corrected chi connectivity index (χ1v) is 7.35. The van der Waals surface area contributed by atoms with Crippen LogP contribution in [0, 0.1) is 46.5 Å². The van der Waals surface area contributed by atoms with E-state index in [1.807, 2.05) is 0 Å². The Bertz CT molecular complexity index is 1220. The average molecular weight is 474 g/mol. The minimum absolute atomic E-state index is 2.64. The summed E-state index contributed by atoms with van der Waals surface area (Å²) >= 11 is 0. The van der Waals surface area contributed by atoms with Gasteiger partial charge < -0.3 is 0 Å². The molecule has 2 aromatic carbocycles. The lowest BCUT2D eigenvalue weighted by Gasteiger charge is -2.33. The van der Waals surface area contributed by atoms with Crippen molar-refractivity contribution in [2.75, 3.05) is 0 Å². The Morgan fingerprint density at radius 2 is 0.871 bits per heavy atom. The van der Waals surface area contributed by atoms with Crippen LogP contribution in [0.1, 0.15) is 11.1 Å². The highest BCUT2D eigenvalue weighted by Crippen LogP contribution is 2.63. The van der Waals surface area contributed by atoms with E-state index < -0.39 is 92.0 Å². The topological polar surface area (TPSA) is 17.1 Å². The zero-order chi connectivity index (χ0) is 24.0. The summed E-state index contributed by atoms with van der Waals surface area (Å²) in [7, 11) is 0. The minimum Gasteiger partial charge on any atom is -0.283 e. The molecule has 0 amide bonds. The number of halogens is 14. The molecule has 1 atom stereocenters. The molecule has 0 saturated carbocycles. The second-order valence-electron chi connectivity index (χ2n) is 6.07. The molecule has 0 heterocycles. The first-order valence-electron chi connectivity index (χ1n) is 7.35. The van der Waals surface area contributed by atoms with E-state index in [4.69, 9.17) is 0 Å². The SMILES string of the molecule is O=c1c(F)c(F)c(F)c2c(c1F)-c1c(F)c(F)c(F)c(F)c1C2(F)C(F)(F)C(F)(F)F. The van der Waals surface area contributed by atoms with Gasteiger partial charge in [0.25, 0.3) is 5.43 Å².